The number of hydrogen-bond acceptors (Lipinski definition) is 4. The summed E-state index contributed by atoms with van der Waals surface area (Å²) in [5.74, 6) is 0.980. The molecule has 108 valence electrons. The number of hydrogen-bond donors (Lipinski definition) is 0. The molecule has 6 nitrogen and oxygen atoms in total. The van der Waals surface area contributed by atoms with Crippen molar-refractivity contribution in [3.63, 3.8) is 0 Å². The van der Waals surface area contributed by atoms with E-state index in [1.807, 2.05) is 31.7 Å². The first-order valence-corrected chi connectivity index (χ1v) is 8.14. The first kappa shape index (κ1) is 14.5. The topological polar surface area (TPSA) is 64.4 Å². The molecule has 19 heavy (non-hydrogen) atoms. The highest BCUT2D eigenvalue weighted by molar-refractivity contribution is 7.89. The minimum atomic E-state index is -3.16. The zero-order chi connectivity index (χ0) is 14.0. The molecule has 1 aromatic rings. The molecular weight excluding hydrogens is 266 g/mol. The van der Waals surface area contributed by atoms with Gasteiger partial charge in [-0.15, -0.1) is 0 Å². The Bertz CT molecular complexity index is 538. The van der Waals surface area contributed by atoms with Crippen LogP contribution in [0.15, 0.2) is 6.20 Å². The highest BCUT2D eigenvalue weighted by Crippen LogP contribution is 2.23. The molecule has 0 N–H and O–H groups in total. The molecular formula is C12H21N3O3S. The van der Waals surface area contributed by atoms with Crippen LogP contribution in [0.5, 0.6) is 0 Å². The van der Waals surface area contributed by atoms with Gasteiger partial charge < -0.3 is 9.30 Å². The van der Waals surface area contributed by atoms with Crippen LogP contribution in [0.25, 0.3) is 0 Å². The Morgan fingerprint density at radius 3 is 2.84 bits per heavy atom. The first-order chi connectivity index (χ1) is 8.94. The van der Waals surface area contributed by atoms with Crippen LogP contribution in [0.3, 0.4) is 0 Å². The van der Waals surface area contributed by atoms with Gasteiger partial charge in [-0.3, -0.25) is 0 Å². The van der Waals surface area contributed by atoms with E-state index >= 15 is 0 Å². The lowest BCUT2D eigenvalue weighted by molar-refractivity contribution is -0.00892. The Labute approximate surface area is 114 Å². The summed E-state index contributed by atoms with van der Waals surface area (Å²) in [6, 6.07) is 0. The predicted molar refractivity (Wildman–Crippen MR) is 72.3 cm³/mol. The highest BCUT2D eigenvalue weighted by Gasteiger charge is 2.31. The fraction of sp³-hybridized carbons (Fsp3) is 0.750. The minimum Gasteiger partial charge on any atom is -0.368 e. The van der Waals surface area contributed by atoms with Gasteiger partial charge in [0, 0.05) is 26.3 Å². The van der Waals surface area contributed by atoms with Crippen LogP contribution < -0.4 is 0 Å². The van der Waals surface area contributed by atoms with Crippen LogP contribution in [0, 0.1) is 6.92 Å². The van der Waals surface area contributed by atoms with Crippen LogP contribution in [-0.4, -0.2) is 47.7 Å². The number of aryl methyl sites for hydroxylation is 2. The van der Waals surface area contributed by atoms with E-state index in [4.69, 9.17) is 4.74 Å². The molecule has 1 saturated heterocycles. The van der Waals surface area contributed by atoms with Crippen LogP contribution in [-0.2, 0) is 21.8 Å². The van der Waals surface area contributed by atoms with E-state index in [0.29, 0.717) is 26.1 Å². The SMILES string of the molecule is CCCS(=O)(=O)N1CCO[C@H](c2nc(C)cn2C)C1. The van der Waals surface area contributed by atoms with E-state index in [9.17, 15) is 8.42 Å². The molecule has 1 atom stereocenters. The molecule has 1 aromatic heterocycles. The summed E-state index contributed by atoms with van der Waals surface area (Å²) in [7, 11) is -1.26. The van der Waals surface area contributed by atoms with Crippen molar-refractivity contribution in [2.45, 2.75) is 26.4 Å². The second kappa shape index (κ2) is 5.60. The second-order valence-corrected chi connectivity index (χ2v) is 6.97. The fourth-order valence-corrected chi connectivity index (χ4v) is 3.84. The molecule has 0 bridgehead atoms. The lowest BCUT2D eigenvalue weighted by Gasteiger charge is -2.31. The zero-order valence-corrected chi connectivity index (χ0v) is 12.5. The maximum Gasteiger partial charge on any atom is 0.214 e. The van der Waals surface area contributed by atoms with Crippen molar-refractivity contribution in [2.24, 2.45) is 7.05 Å². The molecule has 0 radical (unpaired) electrons. The second-order valence-electron chi connectivity index (χ2n) is 4.88. The summed E-state index contributed by atoms with van der Waals surface area (Å²) in [5.41, 5.74) is 0.912. The largest absolute Gasteiger partial charge is 0.368 e. The van der Waals surface area contributed by atoms with Gasteiger partial charge in [-0.05, 0) is 13.3 Å². The van der Waals surface area contributed by atoms with E-state index < -0.39 is 10.0 Å². The van der Waals surface area contributed by atoms with Gasteiger partial charge >= 0.3 is 0 Å². The number of rotatable bonds is 4. The average Bonchev–Trinajstić information content (AvgIpc) is 2.69. The third-order valence-corrected chi connectivity index (χ3v) is 5.25. The Balaban J connectivity index is 2.16. The van der Waals surface area contributed by atoms with Gasteiger partial charge in [0.05, 0.1) is 18.1 Å². The predicted octanol–water partition coefficient (Wildman–Crippen LogP) is 0.842. The van der Waals surface area contributed by atoms with Crippen molar-refractivity contribution in [2.75, 3.05) is 25.4 Å². The van der Waals surface area contributed by atoms with Gasteiger partial charge in [0.15, 0.2) is 0 Å². The van der Waals surface area contributed by atoms with E-state index in [0.717, 1.165) is 11.5 Å². The van der Waals surface area contributed by atoms with E-state index in [2.05, 4.69) is 4.98 Å². The molecule has 0 amide bonds. The number of imidazole rings is 1. The lowest BCUT2D eigenvalue weighted by atomic mass is 10.3. The molecule has 0 aliphatic carbocycles. The Morgan fingerprint density at radius 2 is 2.26 bits per heavy atom. The highest BCUT2D eigenvalue weighted by atomic mass is 32.2. The smallest absolute Gasteiger partial charge is 0.214 e. The molecule has 1 fully saturated rings. The molecule has 7 heteroatoms. The minimum absolute atomic E-state index is 0.194. The standard InChI is InChI=1S/C12H21N3O3S/c1-4-7-19(16,17)15-5-6-18-11(9-15)12-13-10(2)8-14(12)3/h8,11H,4-7,9H2,1-3H3/t11-/m0/s1. The van der Waals surface area contributed by atoms with Crippen molar-refractivity contribution in [3.05, 3.63) is 17.7 Å². The monoisotopic (exact) mass is 287 g/mol. The Hall–Kier alpha value is -0.920. The third-order valence-electron chi connectivity index (χ3n) is 3.21. The number of ether oxygens (including phenoxy) is 1. The number of sulfonamides is 1. The fourth-order valence-electron chi connectivity index (χ4n) is 2.36. The van der Waals surface area contributed by atoms with Crippen LogP contribution in [0.4, 0.5) is 0 Å². The molecule has 1 aliphatic heterocycles. The van der Waals surface area contributed by atoms with Gasteiger partial charge in [0.25, 0.3) is 0 Å². The molecule has 1 aliphatic rings. The third kappa shape index (κ3) is 3.16. The summed E-state index contributed by atoms with van der Waals surface area (Å²) < 4.78 is 33.3. The van der Waals surface area contributed by atoms with Crippen molar-refractivity contribution in [3.8, 4) is 0 Å². The summed E-state index contributed by atoms with van der Waals surface area (Å²) in [6.45, 7) is 4.99. The molecule has 0 aromatic carbocycles. The van der Waals surface area contributed by atoms with Crippen molar-refractivity contribution in [1.82, 2.24) is 13.9 Å². The quantitative estimate of drug-likeness (QED) is 0.823. The number of morpholine rings is 1. The normalized spacial score (nSPS) is 21.7. The van der Waals surface area contributed by atoms with Gasteiger partial charge in [0.1, 0.15) is 11.9 Å². The van der Waals surface area contributed by atoms with Gasteiger partial charge in [-0.2, -0.15) is 4.31 Å². The molecule has 0 unspecified atom stereocenters. The summed E-state index contributed by atoms with van der Waals surface area (Å²) >= 11 is 0. The van der Waals surface area contributed by atoms with Crippen LogP contribution in [0.2, 0.25) is 0 Å². The summed E-state index contributed by atoms with van der Waals surface area (Å²) in [6.07, 6.45) is 2.27. The van der Waals surface area contributed by atoms with Crippen LogP contribution >= 0.6 is 0 Å². The lowest BCUT2D eigenvalue weighted by Crippen LogP contribution is -2.43. The number of nitrogens with zero attached hydrogens (tertiary/aromatic N) is 3. The van der Waals surface area contributed by atoms with E-state index in [1.54, 1.807) is 0 Å². The van der Waals surface area contributed by atoms with Gasteiger partial charge in [0.2, 0.25) is 10.0 Å². The van der Waals surface area contributed by atoms with Crippen molar-refractivity contribution >= 4 is 10.0 Å². The van der Waals surface area contributed by atoms with Crippen molar-refractivity contribution < 1.29 is 13.2 Å². The van der Waals surface area contributed by atoms with Crippen molar-refractivity contribution in [1.29, 1.82) is 0 Å². The first-order valence-electron chi connectivity index (χ1n) is 6.53. The molecule has 2 heterocycles. The van der Waals surface area contributed by atoms with E-state index in [1.165, 1.54) is 4.31 Å². The summed E-state index contributed by atoms with van der Waals surface area (Å²) in [4.78, 5) is 4.41. The van der Waals surface area contributed by atoms with Crippen LogP contribution in [0.1, 0.15) is 31.0 Å². The Morgan fingerprint density at radius 1 is 1.53 bits per heavy atom. The van der Waals surface area contributed by atoms with Gasteiger partial charge in [-0.1, -0.05) is 6.92 Å². The molecule has 0 spiro atoms. The molecule has 2 rings (SSSR count). The maximum atomic E-state index is 12.1. The average molecular weight is 287 g/mol. The Kier molecular flexibility index (Phi) is 4.27. The number of aromatic nitrogens is 2. The molecule has 0 saturated carbocycles. The van der Waals surface area contributed by atoms with Gasteiger partial charge in [-0.25, -0.2) is 13.4 Å². The van der Waals surface area contributed by atoms with E-state index in [-0.39, 0.29) is 11.9 Å². The maximum absolute atomic E-state index is 12.1. The summed E-state index contributed by atoms with van der Waals surface area (Å²) in [5, 5.41) is 0. The zero-order valence-electron chi connectivity index (χ0n) is 11.7.